The first-order valence-electron chi connectivity index (χ1n) is 12.4. The molecule has 10 heteroatoms. The average molecular weight is 504 g/mol. The van der Waals surface area contributed by atoms with Crippen LogP contribution in [0.25, 0.3) is 11.5 Å². The van der Waals surface area contributed by atoms with Crippen molar-refractivity contribution in [1.29, 1.82) is 0 Å². The Morgan fingerprint density at radius 1 is 1.03 bits per heavy atom. The number of benzene rings is 2. The quantitative estimate of drug-likeness (QED) is 0.301. The Morgan fingerprint density at radius 3 is 2.43 bits per heavy atom. The van der Waals surface area contributed by atoms with Crippen molar-refractivity contribution >= 4 is 5.97 Å². The summed E-state index contributed by atoms with van der Waals surface area (Å²) in [6.45, 7) is 2.42. The number of rotatable bonds is 9. The first kappa shape index (κ1) is 24.5. The summed E-state index contributed by atoms with van der Waals surface area (Å²) in [5.41, 5.74) is 3.27. The Bertz CT molecular complexity index is 1290. The first-order valence-corrected chi connectivity index (χ1v) is 12.4. The maximum Gasteiger partial charge on any atom is 0.364 e. The van der Waals surface area contributed by atoms with E-state index in [1.54, 1.807) is 18.7 Å². The predicted molar refractivity (Wildman–Crippen MR) is 133 cm³/mol. The molecule has 2 aromatic carbocycles. The minimum absolute atomic E-state index is 0.0461. The zero-order valence-corrected chi connectivity index (χ0v) is 20.9. The summed E-state index contributed by atoms with van der Waals surface area (Å²) in [5.74, 6) is 1.53. The molecule has 0 bridgehead atoms. The zero-order valence-electron chi connectivity index (χ0n) is 20.9. The molecule has 37 heavy (non-hydrogen) atoms. The molecule has 1 saturated carbocycles. The van der Waals surface area contributed by atoms with Gasteiger partial charge in [0.15, 0.2) is 0 Å². The van der Waals surface area contributed by atoms with Crippen LogP contribution >= 0.6 is 0 Å². The number of nitrogens with zero attached hydrogens (tertiary/aromatic N) is 5. The summed E-state index contributed by atoms with van der Waals surface area (Å²) in [7, 11) is 1.63. The van der Waals surface area contributed by atoms with Crippen LogP contribution in [-0.4, -0.2) is 51.0 Å². The molecule has 0 radical (unpaired) electrons. The number of aromatic nitrogens is 5. The van der Waals surface area contributed by atoms with E-state index in [0.717, 1.165) is 42.6 Å². The summed E-state index contributed by atoms with van der Waals surface area (Å²) in [5, 5.41) is 16.0. The number of carbonyl (C=O) groups is 1. The van der Waals surface area contributed by atoms with E-state index < -0.39 is 5.97 Å². The second kappa shape index (κ2) is 11.2. The van der Waals surface area contributed by atoms with Crippen molar-refractivity contribution in [2.45, 2.75) is 51.2 Å². The highest BCUT2D eigenvalue weighted by Crippen LogP contribution is 2.36. The molecule has 0 N–H and O–H groups in total. The smallest absolute Gasteiger partial charge is 0.364 e. The summed E-state index contributed by atoms with van der Waals surface area (Å²) in [4.78, 5) is 12.6. The van der Waals surface area contributed by atoms with Crippen LogP contribution in [0.1, 0.15) is 60.1 Å². The van der Waals surface area contributed by atoms with Gasteiger partial charge >= 0.3 is 5.97 Å². The molecule has 0 saturated heterocycles. The summed E-state index contributed by atoms with van der Waals surface area (Å²) in [6, 6.07) is 15.9. The van der Waals surface area contributed by atoms with Crippen molar-refractivity contribution in [3.8, 4) is 23.1 Å². The molecule has 0 spiro atoms. The van der Waals surface area contributed by atoms with E-state index in [0.29, 0.717) is 24.2 Å². The van der Waals surface area contributed by atoms with Gasteiger partial charge in [-0.15, -0.1) is 15.3 Å². The molecular formula is C27H29N5O5. The van der Waals surface area contributed by atoms with Crippen LogP contribution in [0.5, 0.6) is 11.6 Å². The number of hydrogen-bond donors (Lipinski definition) is 0. The van der Waals surface area contributed by atoms with Gasteiger partial charge in [0.2, 0.25) is 23.9 Å². The third-order valence-electron chi connectivity index (χ3n) is 6.59. The van der Waals surface area contributed by atoms with Crippen LogP contribution in [0.2, 0.25) is 0 Å². The van der Waals surface area contributed by atoms with Crippen molar-refractivity contribution in [2.75, 3.05) is 13.7 Å². The molecule has 10 nitrogen and oxygen atoms in total. The monoisotopic (exact) mass is 503 g/mol. The molecule has 0 amide bonds. The van der Waals surface area contributed by atoms with Gasteiger partial charge in [-0.05, 0) is 73.9 Å². The van der Waals surface area contributed by atoms with Gasteiger partial charge in [0.05, 0.1) is 20.3 Å². The lowest BCUT2D eigenvalue weighted by Crippen LogP contribution is -2.25. The maximum atomic E-state index is 12.6. The maximum absolute atomic E-state index is 12.6. The normalized spacial score (nSPS) is 17.4. The lowest BCUT2D eigenvalue weighted by Gasteiger charge is -2.29. The number of esters is 1. The minimum atomic E-state index is -0.534. The fourth-order valence-electron chi connectivity index (χ4n) is 4.62. The summed E-state index contributed by atoms with van der Waals surface area (Å²) in [6.07, 6.45) is 4.93. The molecule has 5 rings (SSSR count). The molecule has 1 aliphatic rings. The van der Waals surface area contributed by atoms with Crippen molar-refractivity contribution in [3.63, 3.8) is 0 Å². The molecule has 0 unspecified atom stereocenters. The average Bonchev–Trinajstić information content (AvgIpc) is 3.61. The predicted octanol–water partition coefficient (Wildman–Crippen LogP) is 4.67. The van der Waals surface area contributed by atoms with Gasteiger partial charge in [-0.2, -0.15) is 0 Å². The second-order valence-corrected chi connectivity index (χ2v) is 8.93. The Kier molecular flexibility index (Phi) is 7.43. The zero-order chi connectivity index (χ0) is 25.6. The molecule has 192 valence electrons. The van der Waals surface area contributed by atoms with E-state index in [1.807, 2.05) is 36.4 Å². The van der Waals surface area contributed by atoms with Crippen molar-refractivity contribution < 1.29 is 23.4 Å². The van der Waals surface area contributed by atoms with Crippen LogP contribution in [0.15, 0.2) is 59.3 Å². The van der Waals surface area contributed by atoms with Crippen molar-refractivity contribution in [1.82, 2.24) is 25.2 Å². The van der Waals surface area contributed by atoms with Crippen molar-refractivity contribution in [3.05, 3.63) is 71.7 Å². The topological polar surface area (TPSA) is 114 Å². The highest BCUT2D eigenvalue weighted by Gasteiger charge is 2.29. The Balaban J connectivity index is 1.26. The van der Waals surface area contributed by atoms with Crippen LogP contribution in [0.3, 0.4) is 0 Å². The van der Waals surface area contributed by atoms with E-state index in [1.165, 1.54) is 12.0 Å². The van der Waals surface area contributed by atoms with E-state index in [2.05, 4.69) is 32.6 Å². The molecular weight excluding hydrogens is 474 g/mol. The summed E-state index contributed by atoms with van der Waals surface area (Å²) >= 11 is 0. The highest BCUT2D eigenvalue weighted by atomic mass is 16.5. The molecule has 1 aliphatic carbocycles. The van der Waals surface area contributed by atoms with E-state index in [-0.39, 0.29) is 18.4 Å². The van der Waals surface area contributed by atoms with Gasteiger partial charge in [-0.3, -0.25) is 0 Å². The number of methoxy groups -OCH3 is 1. The molecule has 0 atom stereocenters. The van der Waals surface area contributed by atoms with Gasteiger partial charge in [0.1, 0.15) is 11.9 Å². The standard InChI is InChI=1S/C27H29N5O5/c1-3-35-27(33)24-26(32(31-29-24)16-18-4-12-22(34-2)13-5-18)37-23-14-10-20(11-15-23)19-6-8-21(9-7-19)25-30-28-17-36-25/h4-9,12-13,17,20,23H,3,10-11,14-16H2,1-2H3/t20-,23-. The highest BCUT2D eigenvalue weighted by molar-refractivity contribution is 5.89. The van der Waals surface area contributed by atoms with Gasteiger partial charge in [-0.25, -0.2) is 9.48 Å². The first-order chi connectivity index (χ1) is 18.1. The van der Waals surface area contributed by atoms with Crippen LogP contribution in [0, 0.1) is 0 Å². The Morgan fingerprint density at radius 2 is 1.78 bits per heavy atom. The third kappa shape index (κ3) is 5.63. The number of carbonyl (C=O) groups excluding carboxylic acids is 1. The van der Waals surface area contributed by atoms with Gasteiger partial charge in [0.25, 0.3) is 0 Å². The molecule has 2 heterocycles. The van der Waals surface area contributed by atoms with Crippen molar-refractivity contribution in [2.24, 2.45) is 0 Å². The second-order valence-electron chi connectivity index (χ2n) is 8.93. The van der Waals surface area contributed by atoms with Gasteiger partial charge in [-0.1, -0.05) is 29.5 Å². The van der Waals surface area contributed by atoms with Crippen LogP contribution in [0.4, 0.5) is 0 Å². The number of ether oxygens (including phenoxy) is 3. The van der Waals surface area contributed by atoms with E-state index in [9.17, 15) is 4.79 Å². The lowest BCUT2D eigenvalue weighted by molar-refractivity contribution is 0.0507. The Labute approximate surface area is 214 Å². The Hall–Kier alpha value is -4.21. The fraction of sp³-hybridized carbons (Fsp3) is 0.370. The van der Waals surface area contributed by atoms with Crippen LogP contribution < -0.4 is 9.47 Å². The minimum Gasteiger partial charge on any atom is -0.497 e. The summed E-state index contributed by atoms with van der Waals surface area (Å²) < 4.78 is 23.7. The lowest BCUT2D eigenvalue weighted by atomic mass is 9.82. The third-order valence-corrected chi connectivity index (χ3v) is 6.59. The SMILES string of the molecule is CCOC(=O)c1nnn(Cc2ccc(OC)cc2)c1O[C@H]1CC[C@H](c2ccc(-c3nnco3)cc2)CC1. The molecule has 4 aromatic rings. The molecule has 2 aromatic heterocycles. The fourth-order valence-corrected chi connectivity index (χ4v) is 4.62. The van der Waals surface area contributed by atoms with Crippen LogP contribution in [-0.2, 0) is 11.3 Å². The largest absolute Gasteiger partial charge is 0.497 e. The molecule has 1 fully saturated rings. The number of hydrogen-bond acceptors (Lipinski definition) is 9. The van der Waals surface area contributed by atoms with Gasteiger partial charge in [0, 0.05) is 5.56 Å². The molecule has 0 aliphatic heterocycles. The van der Waals surface area contributed by atoms with E-state index in [4.69, 9.17) is 18.6 Å². The van der Waals surface area contributed by atoms with E-state index >= 15 is 0 Å². The van der Waals surface area contributed by atoms with Gasteiger partial charge < -0.3 is 18.6 Å².